The highest BCUT2D eigenvalue weighted by molar-refractivity contribution is 7.47. The van der Waals surface area contributed by atoms with Crippen molar-refractivity contribution in [1.29, 1.82) is 0 Å². The van der Waals surface area contributed by atoms with Crippen molar-refractivity contribution in [1.82, 2.24) is 0 Å². The topological polar surface area (TPSA) is 108 Å². The molecular formula is C82H129NO8P+. The number of hydrogen-bond donors (Lipinski definition) is 1. The molecule has 1 N–H and O–H groups in total. The van der Waals surface area contributed by atoms with Gasteiger partial charge in [0.25, 0.3) is 0 Å². The number of unbranched alkanes of at least 4 members (excludes halogenated alkanes) is 12. The number of quaternary nitrogens is 1. The second kappa shape index (κ2) is 69.7. The summed E-state index contributed by atoms with van der Waals surface area (Å²) in [7, 11) is 1.42. The molecule has 0 aliphatic rings. The normalized spacial score (nSPS) is 14.5. The Morgan fingerprint density at radius 2 is 0.587 bits per heavy atom. The van der Waals surface area contributed by atoms with Gasteiger partial charge >= 0.3 is 19.8 Å². The van der Waals surface area contributed by atoms with Gasteiger partial charge in [-0.15, -0.1) is 0 Å². The monoisotopic (exact) mass is 1290 g/mol. The number of phosphoric acid groups is 1. The van der Waals surface area contributed by atoms with Crippen molar-refractivity contribution >= 4 is 19.8 Å². The molecule has 0 amide bonds. The molecule has 92 heavy (non-hydrogen) atoms. The van der Waals surface area contributed by atoms with Crippen LogP contribution < -0.4 is 0 Å². The van der Waals surface area contributed by atoms with Crippen molar-refractivity contribution in [2.24, 2.45) is 0 Å². The summed E-state index contributed by atoms with van der Waals surface area (Å²) in [6.07, 6.45) is 112. The number of ether oxygens (including phenoxy) is 2. The van der Waals surface area contributed by atoms with E-state index in [-0.39, 0.29) is 26.1 Å². The SMILES string of the molecule is CC/C=C\C/C=C\C/C=C\C/C=C\C/C=C\C/C=C\C/C=C\C/C=C\C/C=C\C/C=C\C/C=C\CCCCCCCC(=O)OC(COC(=O)CCCCCCCCC/C=C\C/C=C\C/C=C\C/C=C\C/C=C\C/C=C\C/C=C\CC)COP(=O)(O)OCC[N+](C)(C)C. The Hall–Kier alpha value is -5.67. The number of rotatable bonds is 62. The lowest BCUT2D eigenvalue weighted by Crippen LogP contribution is -2.37. The van der Waals surface area contributed by atoms with E-state index >= 15 is 0 Å². The van der Waals surface area contributed by atoms with Crippen molar-refractivity contribution in [3.8, 4) is 0 Å². The van der Waals surface area contributed by atoms with Crippen LogP contribution in [0.25, 0.3) is 0 Å². The lowest BCUT2D eigenvalue weighted by atomic mass is 10.1. The zero-order valence-corrected chi connectivity index (χ0v) is 59.3. The molecule has 10 heteroatoms. The fourth-order valence-electron chi connectivity index (χ4n) is 8.65. The van der Waals surface area contributed by atoms with Gasteiger partial charge in [-0.2, -0.15) is 0 Å². The van der Waals surface area contributed by atoms with Crippen LogP contribution >= 0.6 is 7.82 Å². The largest absolute Gasteiger partial charge is 0.472 e. The molecule has 0 radical (unpaired) electrons. The summed E-state index contributed by atoms with van der Waals surface area (Å²) in [6.45, 7) is 4.14. The van der Waals surface area contributed by atoms with Crippen LogP contribution in [-0.4, -0.2) is 74.9 Å². The summed E-state index contributed by atoms with van der Waals surface area (Å²) < 4.78 is 34.7. The Bertz CT molecular complexity index is 2360. The van der Waals surface area contributed by atoms with E-state index in [1.165, 1.54) is 19.3 Å². The molecule has 0 saturated carbocycles. The third-order valence-electron chi connectivity index (χ3n) is 14.0. The molecule has 2 atom stereocenters. The van der Waals surface area contributed by atoms with Crippen LogP contribution in [0.1, 0.15) is 232 Å². The van der Waals surface area contributed by atoms with E-state index in [1.54, 1.807) is 0 Å². The molecule has 514 valence electrons. The van der Waals surface area contributed by atoms with E-state index in [0.29, 0.717) is 23.9 Å². The van der Waals surface area contributed by atoms with Gasteiger partial charge in [0.15, 0.2) is 6.10 Å². The van der Waals surface area contributed by atoms with Crippen molar-refractivity contribution in [3.63, 3.8) is 0 Å². The fraction of sp³-hybridized carbons (Fsp3) is 0.537. The Kier molecular flexibility index (Phi) is 65.4. The summed E-state index contributed by atoms with van der Waals surface area (Å²) in [5.74, 6) is -0.850. The number of hydrogen-bond acceptors (Lipinski definition) is 7. The molecule has 0 aliphatic heterocycles. The van der Waals surface area contributed by atoms with Gasteiger partial charge in [0.05, 0.1) is 27.7 Å². The molecule has 0 bridgehead atoms. The fourth-order valence-corrected chi connectivity index (χ4v) is 9.39. The Morgan fingerprint density at radius 3 is 0.870 bits per heavy atom. The molecule has 0 heterocycles. The number of carbonyl (C=O) groups excluding carboxylic acids is 2. The van der Waals surface area contributed by atoms with E-state index in [0.717, 1.165) is 173 Å². The number of esters is 2. The van der Waals surface area contributed by atoms with Gasteiger partial charge < -0.3 is 18.9 Å². The first kappa shape index (κ1) is 86.3. The van der Waals surface area contributed by atoms with E-state index < -0.39 is 32.5 Å². The van der Waals surface area contributed by atoms with Crippen molar-refractivity contribution < 1.29 is 42.1 Å². The molecule has 0 saturated heterocycles. The van der Waals surface area contributed by atoms with Crippen LogP contribution in [0.15, 0.2) is 219 Å². The standard InChI is InChI=1S/C82H128NO8P/c1-6-8-10-12-14-16-18-20-22-24-26-28-30-32-34-36-37-38-39-40-41-42-43-44-45-47-49-51-53-55-57-59-61-63-65-67-69-71-73-75-82(85)91-80(79-90-92(86,87)89-77-76-83(3,4)5)78-88-81(84)74-72-70-68-66-64-62-60-58-56-54-52-50-48-46-35-33-31-29-27-25-23-21-19-17-15-13-11-9-7-2/h8-11,14-17,20-23,26-29,32-35,37-38,40-41,43-44,47-50,53-56,59,61,80H,6-7,12-13,18-19,24-25,30-31,36,39,42,45-46,51-52,57-58,60,62-79H2,1-5H3/p+1/b10-8-,11-9-,16-14-,17-15-,22-20-,23-21-,28-26-,29-27-,34-32-,35-33-,38-37-,41-40-,44-43-,49-47-,50-48-,55-53-,56-54-,61-59-. The molecule has 0 aliphatic carbocycles. The van der Waals surface area contributed by atoms with E-state index in [9.17, 15) is 19.0 Å². The maximum Gasteiger partial charge on any atom is 0.472 e. The summed E-state index contributed by atoms with van der Waals surface area (Å²) >= 11 is 0. The van der Waals surface area contributed by atoms with E-state index in [1.807, 2.05) is 21.1 Å². The van der Waals surface area contributed by atoms with Gasteiger partial charge in [0.2, 0.25) is 0 Å². The number of carbonyl (C=O) groups is 2. The third-order valence-corrected chi connectivity index (χ3v) is 15.0. The first-order valence-electron chi connectivity index (χ1n) is 35.5. The molecule has 9 nitrogen and oxygen atoms in total. The zero-order valence-electron chi connectivity index (χ0n) is 58.4. The van der Waals surface area contributed by atoms with Gasteiger partial charge in [-0.3, -0.25) is 18.6 Å². The Balaban J connectivity index is 4.22. The number of allylic oxidation sites excluding steroid dienone is 36. The van der Waals surface area contributed by atoms with Gasteiger partial charge in [-0.1, -0.05) is 284 Å². The number of likely N-dealkylation sites (N-methyl/N-ethyl adjacent to an activating group) is 1. The molecule has 0 rings (SSSR count). The van der Waals surface area contributed by atoms with Crippen molar-refractivity contribution in [2.75, 3.05) is 47.5 Å². The maximum absolute atomic E-state index is 12.9. The molecule has 2 unspecified atom stereocenters. The molecule has 0 aromatic heterocycles. The van der Waals surface area contributed by atoms with Crippen molar-refractivity contribution in [3.05, 3.63) is 219 Å². The first-order chi connectivity index (χ1) is 45.0. The van der Waals surface area contributed by atoms with Gasteiger partial charge in [-0.05, 0) is 154 Å². The summed E-state index contributed by atoms with van der Waals surface area (Å²) in [4.78, 5) is 35.9. The first-order valence-corrected chi connectivity index (χ1v) is 37.0. The van der Waals surface area contributed by atoms with E-state index in [4.69, 9.17) is 18.5 Å². The Morgan fingerprint density at radius 1 is 0.337 bits per heavy atom. The van der Waals surface area contributed by atoms with Crippen LogP contribution in [-0.2, 0) is 32.7 Å². The van der Waals surface area contributed by atoms with Gasteiger partial charge in [-0.25, -0.2) is 4.57 Å². The third kappa shape index (κ3) is 73.4. The smallest absolute Gasteiger partial charge is 0.462 e. The van der Waals surface area contributed by atoms with Crippen LogP contribution in [0.5, 0.6) is 0 Å². The van der Waals surface area contributed by atoms with Crippen LogP contribution in [0.3, 0.4) is 0 Å². The highest BCUT2D eigenvalue weighted by Crippen LogP contribution is 2.43. The van der Waals surface area contributed by atoms with Crippen molar-refractivity contribution in [2.45, 2.75) is 238 Å². The van der Waals surface area contributed by atoms with Crippen LogP contribution in [0, 0.1) is 0 Å². The van der Waals surface area contributed by atoms with Crippen LogP contribution in [0.4, 0.5) is 0 Å². The lowest BCUT2D eigenvalue weighted by molar-refractivity contribution is -0.870. The molecule has 0 aromatic carbocycles. The van der Waals surface area contributed by atoms with Gasteiger partial charge in [0, 0.05) is 12.8 Å². The predicted octanol–water partition coefficient (Wildman–Crippen LogP) is 23.6. The molecule has 0 fully saturated rings. The maximum atomic E-state index is 12.9. The lowest BCUT2D eigenvalue weighted by Gasteiger charge is -2.24. The second-order valence-electron chi connectivity index (χ2n) is 23.8. The molecule has 0 aromatic rings. The zero-order chi connectivity index (χ0) is 66.9. The average molecular weight is 1290 g/mol. The quantitative estimate of drug-likeness (QED) is 0.0211. The molecule has 0 spiro atoms. The molecular weight excluding hydrogens is 1160 g/mol. The minimum Gasteiger partial charge on any atom is -0.462 e. The average Bonchev–Trinajstić information content (AvgIpc) is 2.14. The summed E-state index contributed by atoms with van der Waals surface area (Å²) in [5, 5.41) is 0. The predicted molar refractivity (Wildman–Crippen MR) is 398 cm³/mol. The highest BCUT2D eigenvalue weighted by Gasteiger charge is 2.27. The minimum atomic E-state index is -4.42. The summed E-state index contributed by atoms with van der Waals surface area (Å²) in [5.41, 5.74) is 0. The minimum absolute atomic E-state index is 0.0127. The van der Waals surface area contributed by atoms with E-state index in [2.05, 4.69) is 233 Å². The van der Waals surface area contributed by atoms with Crippen LogP contribution in [0.2, 0.25) is 0 Å². The Labute approximate surface area is 563 Å². The summed E-state index contributed by atoms with van der Waals surface area (Å²) in [6, 6.07) is 0. The number of nitrogens with zero attached hydrogens (tertiary/aromatic N) is 1. The van der Waals surface area contributed by atoms with Gasteiger partial charge in [0.1, 0.15) is 19.8 Å². The highest BCUT2D eigenvalue weighted by atomic mass is 31.2. The number of phosphoric ester groups is 1. The second-order valence-corrected chi connectivity index (χ2v) is 25.3.